The second kappa shape index (κ2) is 5.31. The Kier molecular flexibility index (Phi) is 3.34. The van der Waals surface area contributed by atoms with E-state index in [2.05, 4.69) is 11.1 Å². The summed E-state index contributed by atoms with van der Waals surface area (Å²) in [5.74, 6) is 0.717. The Morgan fingerprint density at radius 1 is 1.29 bits per heavy atom. The summed E-state index contributed by atoms with van der Waals surface area (Å²) < 4.78 is 5.67. The van der Waals surface area contributed by atoms with Crippen molar-refractivity contribution in [1.82, 2.24) is 0 Å². The maximum Gasteiger partial charge on any atom is 0.286 e. The van der Waals surface area contributed by atoms with Gasteiger partial charge in [0.2, 0.25) is 0 Å². The number of amides is 1. The van der Waals surface area contributed by atoms with E-state index in [0.717, 1.165) is 11.8 Å². The molecule has 0 radical (unpaired) electrons. The Hall–Kier alpha value is -2.78. The number of nitrogens with zero attached hydrogens (tertiary/aromatic N) is 2. The number of amidine groups is 1. The minimum absolute atomic E-state index is 0.229. The molecule has 0 saturated carbocycles. The van der Waals surface area contributed by atoms with Gasteiger partial charge in [0.05, 0.1) is 16.5 Å². The van der Waals surface area contributed by atoms with Crippen molar-refractivity contribution >= 4 is 28.9 Å². The molecule has 2 heterocycles. The molecule has 1 aliphatic heterocycles. The third-order valence-electron chi connectivity index (χ3n) is 2.85. The zero-order valence-corrected chi connectivity index (χ0v) is 11.6. The lowest BCUT2D eigenvalue weighted by Crippen LogP contribution is -2.01. The maximum absolute atomic E-state index is 11.5. The van der Waals surface area contributed by atoms with Crippen molar-refractivity contribution in [2.24, 2.45) is 10.7 Å². The molecule has 6 heteroatoms. The van der Waals surface area contributed by atoms with E-state index in [1.807, 2.05) is 12.1 Å². The normalized spacial score (nSPS) is 16.0. The van der Waals surface area contributed by atoms with E-state index in [9.17, 15) is 4.79 Å². The van der Waals surface area contributed by atoms with Gasteiger partial charge in [0.25, 0.3) is 5.91 Å². The summed E-state index contributed by atoms with van der Waals surface area (Å²) in [6, 6.07) is 12.8. The molecule has 0 atom stereocenters. The summed E-state index contributed by atoms with van der Waals surface area (Å²) >= 11 is 1.11. The molecule has 1 aromatic heterocycles. The molecule has 2 N–H and O–H groups in total. The molecule has 102 valence electrons. The van der Waals surface area contributed by atoms with Crippen LogP contribution in [0, 0.1) is 11.3 Å². The van der Waals surface area contributed by atoms with Gasteiger partial charge in [0.15, 0.2) is 5.17 Å². The van der Waals surface area contributed by atoms with Crippen LogP contribution < -0.4 is 5.73 Å². The largest absolute Gasteiger partial charge is 0.457 e. The standard InChI is InChI=1S/C15H9N3O2S/c16-8-9-3-1-2-4-11(9)12-6-5-10(20-12)7-13-14(19)18-15(17)21-13/h1-7H,(H2,17,18,19). The summed E-state index contributed by atoms with van der Waals surface area (Å²) in [5, 5.41) is 9.33. The topological polar surface area (TPSA) is 92.4 Å². The summed E-state index contributed by atoms with van der Waals surface area (Å²) in [6.07, 6.45) is 1.59. The molecule has 0 spiro atoms. The second-order valence-electron chi connectivity index (χ2n) is 4.23. The molecule has 0 unspecified atom stereocenters. The van der Waals surface area contributed by atoms with Crippen LogP contribution in [0.1, 0.15) is 11.3 Å². The maximum atomic E-state index is 11.5. The number of thioether (sulfide) groups is 1. The van der Waals surface area contributed by atoms with E-state index in [4.69, 9.17) is 15.4 Å². The van der Waals surface area contributed by atoms with E-state index in [0.29, 0.717) is 27.6 Å². The van der Waals surface area contributed by atoms with Gasteiger partial charge in [-0.25, -0.2) is 0 Å². The highest BCUT2D eigenvalue weighted by atomic mass is 32.2. The minimum atomic E-state index is -0.368. The molecule has 0 aliphatic carbocycles. The third-order valence-corrected chi connectivity index (χ3v) is 3.66. The van der Waals surface area contributed by atoms with Crippen LogP contribution in [0.4, 0.5) is 0 Å². The van der Waals surface area contributed by atoms with Crippen molar-refractivity contribution in [3.05, 3.63) is 52.6 Å². The highest BCUT2D eigenvalue weighted by Gasteiger charge is 2.20. The number of hydrogen-bond acceptors (Lipinski definition) is 5. The second-order valence-corrected chi connectivity index (χ2v) is 5.29. The van der Waals surface area contributed by atoms with E-state index in [1.54, 1.807) is 30.3 Å². The predicted octanol–water partition coefficient (Wildman–Crippen LogP) is 2.75. The van der Waals surface area contributed by atoms with Gasteiger partial charge in [-0.1, -0.05) is 12.1 Å². The van der Waals surface area contributed by atoms with Crippen LogP contribution >= 0.6 is 11.8 Å². The van der Waals surface area contributed by atoms with Gasteiger partial charge in [-0.2, -0.15) is 10.3 Å². The zero-order chi connectivity index (χ0) is 14.8. The number of hydrogen-bond donors (Lipinski definition) is 1. The van der Waals surface area contributed by atoms with E-state index in [1.165, 1.54) is 0 Å². The minimum Gasteiger partial charge on any atom is -0.457 e. The molecule has 1 amide bonds. The molecule has 0 bridgehead atoms. The van der Waals surface area contributed by atoms with Gasteiger partial charge >= 0.3 is 0 Å². The van der Waals surface area contributed by atoms with Crippen LogP contribution in [0.5, 0.6) is 0 Å². The average molecular weight is 295 g/mol. The Morgan fingerprint density at radius 2 is 2.10 bits per heavy atom. The van der Waals surface area contributed by atoms with Gasteiger partial charge in [0.1, 0.15) is 11.5 Å². The zero-order valence-electron chi connectivity index (χ0n) is 10.7. The average Bonchev–Trinajstić information content (AvgIpc) is 3.06. The molecule has 1 aliphatic rings. The summed E-state index contributed by atoms with van der Waals surface area (Å²) in [4.78, 5) is 15.6. The number of furan rings is 1. The number of nitrogens with two attached hydrogens (primary N) is 1. The van der Waals surface area contributed by atoms with E-state index < -0.39 is 0 Å². The monoisotopic (exact) mass is 295 g/mol. The van der Waals surface area contributed by atoms with Crippen molar-refractivity contribution in [2.75, 3.05) is 0 Å². The fourth-order valence-electron chi connectivity index (χ4n) is 1.93. The molecular weight excluding hydrogens is 286 g/mol. The molecule has 2 aromatic rings. The molecule has 0 saturated heterocycles. The van der Waals surface area contributed by atoms with Gasteiger partial charge in [-0.3, -0.25) is 4.79 Å². The van der Waals surface area contributed by atoms with Gasteiger partial charge in [0, 0.05) is 11.6 Å². The van der Waals surface area contributed by atoms with Crippen LogP contribution in [0.25, 0.3) is 17.4 Å². The van der Waals surface area contributed by atoms with Gasteiger partial charge < -0.3 is 10.2 Å². The fraction of sp³-hybridized carbons (Fsp3) is 0. The third kappa shape index (κ3) is 2.59. The molecular formula is C15H9N3O2S. The Labute approximate surface area is 124 Å². The predicted molar refractivity (Wildman–Crippen MR) is 81.1 cm³/mol. The number of carbonyl (C=O) groups excluding carboxylic acids is 1. The van der Waals surface area contributed by atoms with Crippen LogP contribution in [-0.4, -0.2) is 11.1 Å². The SMILES string of the molecule is N#Cc1ccccc1-c1ccc(C=C2SC(N)=NC2=O)o1. The molecule has 1 aromatic carbocycles. The van der Waals surface area contributed by atoms with Crippen LogP contribution in [0.15, 0.2) is 50.7 Å². The van der Waals surface area contributed by atoms with Crippen LogP contribution in [0.2, 0.25) is 0 Å². The van der Waals surface area contributed by atoms with Gasteiger partial charge in [-0.05, 0) is 36.0 Å². The highest BCUT2D eigenvalue weighted by molar-refractivity contribution is 8.18. The molecule has 3 rings (SSSR count). The number of aliphatic imine (C=N–C) groups is 1. The number of nitriles is 1. The van der Waals surface area contributed by atoms with Crippen LogP contribution in [0.3, 0.4) is 0 Å². The Balaban J connectivity index is 1.93. The fourth-order valence-corrected chi connectivity index (χ4v) is 2.59. The van der Waals surface area contributed by atoms with Crippen LogP contribution in [-0.2, 0) is 4.79 Å². The van der Waals surface area contributed by atoms with Gasteiger partial charge in [-0.15, -0.1) is 0 Å². The lowest BCUT2D eigenvalue weighted by atomic mass is 10.1. The first kappa shape index (κ1) is 13.2. The van der Waals surface area contributed by atoms with Crippen molar-refractivity contribution in [3.8, 4) is 17.4 Å². The summed E-state index contributed by atoms with van der Waals surface area (Å²) in [7, 11) is 0. The molecule has 5 nitrogen and oxygen atoms in total. The lowest BCUT2D eigenvalue weighted by molar-refractivity contribution is -0.113. The quantitative estimate of drug-likeness (QED) is 0.860. The number of carbonyl (C=O) groups is 1. The summed E-state index contributed by atoms with van der Waals surface area (Å²) in [6.45, 7) is 0. The summed E-state index contributed by atoms with van der Waals surface area (Å²) in [5.41, 5.74) is 6.73. The highest BCUT2D eigenvalue weighted by Crippen LogP contribution is 2.30. The lowest BCUT2D eigenvalue weighted by Gasteiger charge is -1.99. The van der Waals surface area contributed by atoms with E-state index in [-0.39, 0.29) is 11.1 Å². The Morgan fingerprint density at radius 3 is 2.81 bits per heavy atom. The Bertz CT molecular complexity index is 827. The first-order valence-electron chi connectivity index (χ1n) is 6.05. The van der Waals surface area contributed by atoms with E-state index >= 15 is 0 Å². The van der Waals surface area contributed by atoms with Crippen molar-refractivity contribution < 1.29 is 9.21 Å². The van der Waals surface area contributed by atoms with Crippen molar-refractivity contribution in [1.29, 1.82) is 5.26 Å². The molecule has 21 heavy (non-hydrogen) atoms. The first-order valence-corrected chi connectivity index (χ1v) is 6.86. The smallest absolute Gasteiger partial charge is 0.286 e. The van der Waals surface area contributed by atoms with Crippen molar-refractivity contribution in [3.63, 3.8) is 0 Å². The van der Waals surface area contributed by atoms with Crippen molar-refractivity contribution in [2.45, 2.75) is 0 Å². The number of rotatable bonds is 2. The molecule has 0 fully saturated rings. The first-order chi connectivity index (χ1) is 10.2. The number of benzene rings is 1.